The molecule has 106 valence electrons. The Morgan fingerprint density at radius 2 is 2.06 bits per heavy atom. The minimum Gasteiger partial charge on any atom is -0.469 e. The summed E-state index contributed by atoms with van der Waals surface area (Å²) in [5.41, 5.74) is 0. The summed E-state index contributed by atoms with van der Waals surface area (Å²) in [4.78, 5) is 13.1. The second-order valence-electron chi connectivity index (χ2n) is 4.41. The number of carbonyl (C=O) groups is 1. The van der Waals surface area contributed by atoms with Gasteiger partial charge >= 0.3 is 5.97 Å². The van der Waals surface area contributed by atoms with E-state index in [-0.39, 0.29) is 29.9 Å². The van der Waals surface area contributed by atoms with Gasteiger partial charge in [0.2, 0.25) is 0 Å². The molecule has 0 aliphatic carbocycles. The molecule has 1 heterocycles. The van der Waals surface area contributed by atoms with Crippen LogP contribution in [0.25, 0.3) is 0 Å². The van der Waals surface area contributed by atoms with E-state index in [2.05, 4.69) is 4.74 Å². The topological polar surface area (TPSA) is 72.9 Å². The number of nitrogens with zero attached hydrogens (tertiary/aromatic N) is 1. The van der Waals surface area contributed by atoms with Gasteiger partial charge in [-0.1, -0.05) is 0 Å². The lowest BCUT2D eigenvalue weighted by Crippen LogP contribution is -2.40. The monoisotopic (exact) mass is 279 g/mol. The van der Waals surface area contributed by atoms with Crippen molar-refractivity contribution in [1.29, 1.82) is 0 Å². The largest absolute Gasteiger partial charge is 0.469 e. The van der Waals surface area contributed by atoms with E-state index in [1.807, 2.05) is 4.90 Å². The van der Waals surface area contributed by atoms with Crippen LogP contribution in [0, 0.1) is 0 Å². The third kappa shape index (κ3) is 4.91. The summed E-state index contributed by atoms with van der Waals surface area (Å²) in [6.07, 6.45) is 0.907. The summed E-state index contributed by atoms with van der Waals surface area (Å²) in [5, 5.41) is 0. The number of rotatable bonds is 7. The molecule has 0 spiro atoms. The van der Waals surface area contributed by atoms with Gasteiger partial charge in [0, 0.05) is 26.2 Å². The first kappa shape index (κ1) is 15.4. The zero-order chi connectivity index (χ0) is 13.6. The Balaban J connectivity index is 2.52. The lowest BCUT2D eigenvalue weighted by atomic mass is 10.2. The highest BCUT2D eigenvalue weighted by Crippen LogP contribution is 2.17. The second-order valence-corrected chi connectivity index (χ2v) is 6.64. The van der Waals surface area contributed by atoms with Crippen LogP contribution < -0.4 is 0 Å². The van der Waals surface area contributed by atoms with Crippen molar-refractivity contribution >= 4 is 15.8 Å². The van der Waals surface area contributed by atoms with Gasteiger partial charge < -0.3 is 9.47 Å². The molecular formula is C11H21NO5S. The normalized spacial score (nSPS) is 22.3. The molecule has 0 saturated carbocycles. The number of methoxy groups -OCH3 is 2. The summed E-state index contributed by atoms with van der Waals surface area (Å²) >= 11 is 0. The van der Waals surface area contributed by atoms with Gasteiger partial charge in [-0.05, 0) is 6.42 Å². The van der Waals surface area contributed by atoms with E-state index in [9.17, 15) is 13.2 Å². The zero-order valence-corrected chi connectivity index (χ0v) is 11.7. The van der Waals surface area contributed by atoms with Gasteiger partial charge in [-0.2, -0.15) is 0 Å². The van der Waals surface area contributed by atoms with Gasteiger partial charge in [0.05, 0.1) is 31.6 Å². The fraction of sp³-hybridized carbons (Fsp3) is 0.909. The number of sulfone groups is 1. The number of ether oxygens (including phenoxy) is 2. The molecule has 18 heavy (non-hydrogen) atoms. The van der Waals surface area contributed by atoms with Crippen molar-refractivity contribution < 1.29 is 22.7 Å². The molecule has 6 nitrogen and oxygen atoms in total. The molecule has 1 unspecified atom stereocenters. The van der Waals surface area contributed by atoms with E-state index in [4.69, 9.17) is 4.74 Å². The van der Waals surface area contributed by atoms with Crippen molar-refractivity contribution in [2.45, 2.75) is 18.9 Å². The van der Waals surface area contributed by atoms with Crippen LogP contribution in [0.4, 0.5) is 0 Å². The third-order valence-electron chi connectivity index (χ3n) is 3.14. The minimum absolute atomic E-state index is 0.00481. The number of carbonyl (C=O) groups excluding carboxylic acids is 1. The van der Waals surface area contributed by atoms with Crippen molar-refractivity contribution in [3.63, 3.8) is 0 Å². The average Bonchev–Trinajstić information content (AvgIpc) is 2.69. The molecular weight excluding hydrogens is 258 g/mol. The van der Waals surface area contributed by atoms with Crippen molar-refractivity contribution in [3.8, 4) is 0 Å². The summed E-state index contributed by atoms with van der Waals surface area (Å²) in [5.74, 6) is 0.135. The average molecular weight is 279 g/mol. The number of esters is 1. The van der Waals surface area contributed by atoms with Crippen molar-refractivity contribution in [2.75, 3.05) is 45.4 Å². The standard InChI is InChI=1S/C11H21NO5S/c1-16-7-6-12(5-3-11(13)17-2)10-4-8-18(14,15)9-10/h10H,3-9H2,1-2H3. The van der Waals surface area contributed by atoms with E-state index in [1.54, 1.807) is 7.11 Å². The predicted octanol–water partition coefficient (Wildman–Crippen LogP) is -0.315. The summed E-state index contributed by atoms with van der Waals surface area (Å²) in [6.45, 7) is 1.67. The Morgan fingerprint density at radius 3 is 2.56 bits per heavy atom. The Bertz CT molecular complexity index is 368. The highest BCUT2D eigenvalue weighted by atomic mass is 32.2. The lowest BCUT2D eigenvalue weighted by Gasteiger charge is -2.27. The van der Waals surface area contributed by atoms with Crippen LogP contribution >= 0.6 is 0 Å². The molecule has 0 radical (unpaired) electrons. The first-order chi connectivity index (χ1) is 8.48. The van der Waals surface area contributed by atoms with Crippen molar-refractivity contribution in [3.05, 3.63) is 0 Å². The van der Waals surface area contributed by atoms with Crippen LogP contribution in [0.2, 0.25) is 0 Å². The zero-order valence-electron chi connectivity index (χ0n) is 10.9. The highest BCUT2D eigenvalue weighted by Gasteiger charge is 2.32. The Labute approximate surface area is 108 Å². The molecule has 0 N–H and O–H groups in total. The van der Waals surface area contributed by atoms with E-state index in [0.717, 1.165) is 0 Å². The molecule has 0 bridgehead atoms. The van der Waals surface area contributed by atoms with Crippen LogP contribution in [0.1, 0.15) is 12.8 Å². The van der Waals surface area contributed by atoms with E-state index in [1.165, 1.54) is 7.11 Å². The maximum atomic E-state index is 11.5. The molecule has 1 fully saturated rings. The predicted molar refractivity (Wildman–Crippen MR) is 67.1 cm³/mol. The lowest BCUT2D eigenvalue weighted by molar-refractivity contribution is -0.141. The second kappa shape index (κ2) is 7.06. The van der Waals surface area contributed by atoms with Gasteiger partial charge in [-0.3, -0.25) is 9.69 Å². The highest BCUT2D eigenvalue weighted by molar-refractivity contribution is 7.91. The smallest absolute Gasteiger partial charge is 0.306 e. The molecule has 0 aromatic rings. The van der Waals surface area contributed by atoms with Crippen LogP contribution in [-0.4, -0.2) is 70.8 Å². The van der Waals surface area contributed by atoms with Gasteiger partial charge in [0.15, 0.2) is 9.84 Å². The fourth-order valence-corrected chi connectivity index (χ4v) is 3.85. The van der Waals surface area contributed by atoms with Crippen LogP contribution in [0.3, 0.4) is 0 Å². The molecule has 1 rings (SSSR count). The summed E-state index contributed by atoms with van der Waals surface area (Å²) < 4.78 is 32.5. The molecule has 0 aromatic heterocycles. The summed E-state index contributed by atoms with van der Waals surface area (Å²) in [6, 6.07) is -0.00481. The molecule has 1 aliphatic heterocycles. The van der Waals surface area contributed by atoms with E-state index in [0.29, 0.717) is 26.1 Å². The van der Waals surface area contributed by atoms with Crippen LogP contribution in [0.5, 0.6) is 0 Å². The van der Waals surface area contributed by atoms with Crippen molar-refractivity contribution in [1.82, 2.24) is 4.90 Å². The van der Waals surface area contributed by atoms with Crippen molar-refractivity contribution in [2.24, 2.45) is 0 Å². The fourth-order valence-electron chi connectivity index (χ4n) is 2.09. The maximum Gasteiger partial charge on any atom is 0.306 e. The quantitative estimate of drug-likeness (QED) is 0.595. The summed E-state index contributed by atoms with van der Waals surface area (Å²) in [7, 11) is 0.0418. The SMILES string of the molecule is COCCN(CCC(=O)OC)C1CCS(=O)(=O)C1. The molecule has 7 heteroatoms. The molecule has 1 aliphatic rings. The Kier molecular flexibility index (Phi) is 6.04. The molecule has 0 amide bonds. The first-order valence-electron chi connectivity index (χ1n) is 5.98. The Morgan fingerprint density at radius 1 is 1.33 bits per heavy atom. The van der Waals surface area contributed by atoms with Gasteiger partial charge in [-0.15, -0.1) is 0 Å². The third-order valence-corrected chi connectivity index (χ3v) is 4.89. The maximum absolute atomic E-state index is 11.5. The van der Waals surface area contributed by atoms with E-state index < -0.39 is 9.84 Å². The molecule has 0 aromatic carbocycles. The van der Waals surface area contributed by atoms with Gasteiger partial charge in [0.25, 0.3) is 0 Å². The first-order valence-corrected chi connectivity index (χ1v) is 7.81. The minimum atomic E-state index is -2.91. The molecule has 1 atom stereocenters. The molecule has 1 saturated heterocycles. The number of hydrogen-bond acceptors (Lipinski definition) is 6. The van der Waals surface area contributed by atoms with Gasteiger partial charge in [-0.25, -0.2) is 8.42 Å². The van der Waals surface area contributed by atoms with Gasteiger partial charge in [0.1, 0.15) is 0 Å². The van der Waals surface area contributed by atoms with E-state index >= 15 is 0 Å². The Hall–Kier alpha value is -0.660. The van der Waals surface area contributed by atoms with Crippen LogP contribution in [0.15, 0.2) is 0 Å². The van der Waals surface area contributed by atoms with Crippen LogP contribution in [-0.2, 0) is 24.1 Å². The number of hydrogen-bond donors (Lipinski definition) is 0.